The van der Waals surface area contributed by atoms with Gasteiger partial charge in [0.05, 0.1) is 15.8 Å². The molecule has 276 valence electrons. The van der Waals surface area contributed by atoms with Crippen molar-refractivity contribution in [1.82, 2.24) is 0 Å². The lowest BCUT2D eigenvalue weighted by Crippen LogP contribution is -2.30. The lowest BCUT2D eigenvalue weighted by atomic mass is 9.65. The van der Waals surface area contributed by atoms with Gasteiger partial charge in [-0.3, -0.25) is 0 Å². The molecule has 2 heterocycles. The van der Waals surface area contributed by atoms with Crippen LogP contribution in [0.25, 0.3) is 74.4 Å². The van der Waals surface area contributed by atoms with Gasteiger partial charge < -0.3 is 10.6 Å². The minimum Gasteiger partial charge on any atom is -0.355 e. The van der Waals surface area contributed by atoms with Crippen LogP contribution >= 0.6 is 22.7 Å². The molecule has 0 unspecified atom stereocenters. The molecule has 11 aromatic rings. The quantitative estimate of drug-likeness (QED) is 0.186. The number of benzene rings is 9. The molecule has 0 saturated carbocycles. The van der Waals surface area contributed by atoms with E-state index >= 15 is 0 Å². The Kier molecular flexibility index (Phi) is 7.00. The lowest BCUT2D eigenvalue weighted by molar-refractivity contribution is 0.770. The Balaban J connectivity index is 1.14. The third-order valence-electron chi connectivity index (χ3n) is 12.6. The van der Waals surface area contributed by atoms with E-state index in [2.05, 4.69) is 205 Å². The van der Waals surface area contributed by atoms with Gasteiger partial charge in [-0.15, -0.1) is 22.7 Å². The molecule has 59 heavy (non-hydrogen) atoms. The fraction of sp³-hybridized carbons (Fsp3) is 0.0182. The largest absolute Gasteiger partial charge is 0.355 e. The van der Waals surface area contributed by atoms with E-state index in [1.165, 1.54) is 95.6 Å². The number of thiophene rings is 2. The maximum Gasteiger partial charge on any atom is 0.0726 e. The van der Waals surface area contributed by atoms with Gasteiger partial charge in [-0.1, -0.05) is 140 Å². The number of para-hydroxylation sites is 1. The summed E-state index contributed by atoms with van der Waals surface area (Å²) in [5.41, 5.74) is 14.3. The van der Waals surface area contributed by atoms with E-state index in [0.29, 0.717) is 0 Å². The van der Waals surface area contributed by atoms with Crippen LogP contribution in [0.1, 0.15) is 33.4 Å². The Morgan fingerprint density at radius 1 is 0.390 bits per heavy atom. The summed E-state index contributed by atoms with van der Waals surface area (Å²) in [7, 11) is 0. The number of anilines is 4. The van der Waals surface area contributed by atoms with Crippen LogP contribution in [0.3, 0.4) is 0 Å². The second kappa shape index (κ2) is 12.5. The molecular weight excluding hydrogens is 753 g/mol. The summed E-state index contributed by atoms with van der Waals surface area (Å²) < 4.78 is 5.16. The Morgan fingerprint density at radius 3 is 1.93 bits per heavy atom. The third kappa shape index (κ3) is 4.73. The van der Waals surface area contributed by atoms with Crippen LogP contribution in [0.5, 0.6) is 0 Å². The van der Waals surface area contributed by atoms with Crippen LogP contribution in [-0.2, 0) is 5.41 Å². The first kappa shape index (κ1) is 33.0. The van der Waals surface area contributed by atoms with Gasteiger partial charge in [0.2, 0.25) is 0 Å². The molecule has 4 heteroatoms. The van der Waals surface area contributed by atoms with Gasteiger partial charge in [0, 0.05) is 52.7 Å². The highest BCUT2D eigenvalue weighted by atomic mass is 32.1. The summed E-state index contributed by atoms with van der Waals surface area (Å²) in [6.45, 7) is 0. The van der Waals surface area contributed by atoms with Gasteiger partial charge in [0.1, 0.15) is 0 Å². The molecule has 0 fully saturated rings. The van der Waals surface area contributed by atoms with E-state index in [9.17, 15) is 0 Å². The summed E-state index contributed by atoms with van der Waals surface area (Å²) in [5, 5.41) is 15.3. The zero-order valence-electron chi connectivity index (χ0n) is 31.8. The monoisotopic (exact) mass is 786 g/mol. The minimum atomic E-state index is -0.589. The molecule has 2 nitrogen and oxygen atoms in total. The zero-order valence-corrected chi connectivity index (χ0v) is 33.4. The first-order valence-corrected chi connectivity index (χ1v) is 21.8. The second-order valence-electron chi connectivity index (χ2n) is 15.8. The summed E-state index contributed by atoms with van der Waals surface area (Å²) >= 11 is 3.79. The van der Waals surface area contributed by atoms with Crippen LogP contribution in [0.15, 0.2) is 182 Å². The van der Waals surface area contributed by atoms with Crippen molar-refractivity contribution in [3.63, 3.8) is 0 Å². The fourth-order valence-corrected chi connectivity index (χ4v) is 12.6. The molecule has 0 aliphatic heterocycles. The number of fused-ring (bicyclic) bond motifs is 17. The Morgan fingerprint density at radius 2 is 1.08 bits per heavy atom. The normalized spacial score (nSPS) is 13.5. The van der Waals surface area contributed by atoms with E-state index in [1.807, 2.05) is 22.7 Å². The van der Waals surface area contributed by atoms with E-state index in [0.717, 1.165) is 22.7 Å². The number of nitrogens with one attached hydrogen (secondary N) is 2. The molecule has 0 amide bonds. The molecule has 0 radical (unpaired) electrons. The molecule has 2 aliphatic carbocycles. The first-order valence-electron chi connectivity index (χ1n) is 20.2. The fourth-order valence-electron chi connectivity index (χ4n) is 10.1. The van der Waals surface area contributed by atoms with Gasteiger partial charge in [-0.25, -0.2) is 0 Å². The second-order valence-corrected chi connectivity index (χ2v) is 17.9. The molecule has 2 N–H and O–H groups in total. The molecular formula is C55H34N2S2. The SMILES string of the molecule is C1=Cc2c(cc(Nc3ccc4ccccc4c3)c3c2sc2ccccc23)C2(c3cc4c(cc31)sc1c(Nc3ccccc3)cccc14)c1ccccc1-c1ccccc12. The van der Waals surface area contributed by atoms with Crippen molar-refractivity contribution in [3.8, 4) is 11.1 Å². The standard InChI is InChI=1S/C55H34N2S2/c1-2-15-36(16-3-1)56-48-23-12-20-40-43-31-46-35(30-51(43)59-53(40)48)26-28-41-47(55(46)44-21-9-6-17-38(44)39-18-7-10-22-45(39)55)32-49(52-42-19-8-11-24-50(42)58-54(41)52)57-37-27-25-33-13-4-5-14-34(33)29-37/h1-32,56-57H. The Bertz CT molecular complexity index is 3530. The van der Waals surface area contributed by atoms with Crippen LogP contribution in [0, 0.1) is 0 Å². The lowest BCUT2D eigenvalue weighted by Gasteiger charge is -2.36. The average molecular weight is 787 g/mol. The average Bonchev–Trinajstić information content (AvgIpc) is 3.92. The van der Waals surface area contributed by atoms with E-state index in [4.69, 9.17) is 0 Å². The van der Waals surface area contributed by atoms with Crippen molar-refractivity contribution in [2.75, 3.05) is 10.6 Å². The smallest absolute Gasteiger partial charge is 0.0726 e. The minimum absolute atomic E-state index is 0.589. The Labute approximate surface area is 349 Å². The third-order valence-corrected chi connectivity index (χ3v) is 15.0. The predicted molar refractivity (Wildman–Crippen MR) is 255 cm³/mol. The number of hydrogen-bond donors (Lipinski definition) is 2. The van der Waals surface area contributed by atoms with E-state index in [-0.39, 0.29) is 0 Å². The van der Waals surface area contributed by atoms with Crippen molar-refractivity contribution < 1.29 is 0 Å². The maximum absolute atomic E-state index is 4.02. The highest BCUT2D eigenvalue weighted by molar-refractivity contribution is 7.26. The van der Waals surface area contributed by atoms with Crippen LogP contribution < -0.4 is 10.6 Å². The van der Waals surface area contributed by atoms with Crippen molar-refractivity contribution >= 4 is 109 Å². The first-order chi connectivity index (χ1) is 29.2. The summed E-state index contributed by atoms with van der Waals surface area (Å²) in [5.74, 6) is 0. The molecule has 9 aromatic carbocycles. The van der Waals surface area contributed by atoms with Gasteiger partial charge >= 0.3 is 0 Å². The molecule has 0 atom stereocenters. The van der Waals surface area contributed by atoms with Crippen LogP contribution in [-0.4, -0.2) is 0 Å². The molecule has 0 bridgehead atoms. The van der Waals surface area contributed by atoms with Crippen LogP contribution in [0.4, 0.5) is 22.7 Å². The zero-order chi connectivity index (χ0) is 38.7. The van der Waals surface area contributed by atoms with Crippen molar-refractivity contribution in [3.05, 3.63) is 215 Å². The predicted octanol–water partition coefficient (Wildman–Crippen LogP) is 15.9. The van der Waals surface area contributed by atoms with Crippen molar-refractivity contribution in [2.45, 2.75) is 5.41 Å². The van der Waals surface area contributed by atoms with Gasteiger partial charge in [0.25, 0.3) is 0 Å². The van der Waals surface area contributed by atoms with E-state index in [1.54, 1.807) is 0 Å². The highest BCUT2D eigenvalue weighted by Gasteiger charge is 2.49. The summed E-state index contributed by atoms with van der Waals surface area (Å²) in [4.78, 5) is 0. The van der Waals surface area contributed by atoms with Crippen LogP contribution in [0.2, 0.25) is 0 Å². The van der Waals surface area contributed by atoms with Gasteiger partial charge in [0.15, 0.2) is 0 Å². The number of hydrogen-bond acceptors (Lipinski definition) is 4. The molecule has 2 aliphatic rings. The molecule has 0 saturated heterocycles. The maximum atomic E-state index is 4.02. The number of rotatable bonds is 4. The van der Waals surface area contributed by atoms with Crippen molar-refractivity contribution in [1.29, 1.82) is 0 Å². The summed E-state index contributed by atoms with van der Waals surface area (Å²) in [6.07, 6.45) is 4.82. The topological polar surface area (TPSA) is 24.1 Å². The molecule has 1 spiro atoms. The summed E-state index contributed by atoms with van der Waals surface area (Å²) in [6, 6.07) is 67.2. The van der Waals surface area contributed by atoms with Crippen molar-refractivity contribution in [2.24, 2.45) is 0 Å². The molecule has 2 aromatic heterocycles. The molecule has 13 rings (SSSR count). The highest BCUT2D eigenvalue weighted by Crippen LogP contribution is 2.61. The van der Waals surface area contributed by atoms with E-state index < -0.39 is 5.41 Å². The van der Waals surface area contributed by atoms with Gasteiger partial charge in [-0.05, 0) is 110 Å². The van der Waals surface area contributed by atoms with Gasteiger partial charge in [-0.2, -0.15) is 0 Å². The Hall–Kier alpha value is -6.98.